The van der Waals surface area contributed by atoms with Gasteiger partial charge in [0.1, 0.15) is 0 Å². The summed E-state index contributed by atoms with van der Waals surface area (Å²) in [5.74, 6) is 0. The van der Waals surface area contributed by atoms with E-state index in [2.05, 4.69) is 27.9 Å². The summed E-state index contributed by atoms with van der Waals surface area (Å²) in [6.45, 7) is 3.78. The maximum atomic E-state index is 11.8. The number of rotatable bonds is 3. The molecule has 1 heterocycles. The molecule has 1 atom stereocenters. The Bertz CT molecular complexity index is 266. The number of amides is 2. The quantitative estimate of drug-likeness (QED) is 0.688. The number of urea groups is 1. The molecule has 1 aliphatic carbocycles. The molecule has 1 saturated carbocycles. The zero-order valence-electron chi connectivity index (χ0n) is 11.4. The van der Waals surface area contributed by atoms with E-state index < -0.39 is 0 Å². The average Bonchev–Trinajstić information content (AvgIpc) is 2.39. The molecule has 5 nitrogen and oxygen atoms in total. The van der Waals surface area contributed by atoms with Gasteiger partial charge < -0.3 is 16.0 Å². The van der Waals surface area contributed by atoms with E-state index in [4.69, 9.17) is 0 Å². The molecule has 2 aliphatic rings. The zero-order chi connectivity index (χ0) is 12.8. The van der Waals surface area contributed by atoms with E-state index in [1.54, 1.807) is 0 Å². The number of hydrogen-bond acceptors (Lipinski definition) is 3. The van der Waals surface area contributed by atoms with E-state index in [0.717, 1.165) is 39.0 Å². The molecule has 5 heteroatoms. The number of nitrogens with one attached hydrogen (secondary N) is 3. The Morgan fingerprint density at radius 1 is 1.33 bits per heavy atom. The number of carbonyl (C=O) groups is 1. The van der Waals surface area contributed by atoms with Crippen molar-refractivity contribution in [1.29, 1.82) is 0 Å². The third-order valence-corrected chi connectivity index (χ3v) is 4.08. The Morgan fingerprint density at radius 3 is 2.83 bits per heavy atom. The van der Waals surface area contributed by atoms with Crippen LogP contribution in [0, 0.1) is 0 Å². The highest BCUT2D eigenvalue weighted by Crippen LogP contribution is 2.17. The molecule has 0 radical (unpaired) electrons. The first-order chi connectivity index (χ1) is 8.75. The van der Waals surface area contributed by atoms with Crippen molar-refractivity contribution < 1.29 is 4.79 Å². The lowest BCUT2D eigenvalue weighted by Crippen LogP contribution is -2.55. The van der Waals surface area contributed by atoms with Gasteiger partial charge in [0.2, 0.25) is 0 Å². The first-order valence-corrected chi connectivity index (χ1v) is 7.21. The SMILES string of the molecule is CN1CCNCC1CNC(=O)NC1CCCCC1. The lowest BCUT2D eigenvalue weighted by Gasteiger charge is -2.33. The van der Waals surface area contributed by atoms with Crippen molar-refractivity contribution in [3.05, 3.63) is 0 Å². The molecule has 1 aliphatic heterocycles. The van der Waals surface area contributed by atoms with Crippen molar-refractivity contribution in [3.8, 4) is 0 Å². The molecule has 104 valence electrons. The summed E-state index contributed by atoms with van der Waals surface area (Å²) in [6.07, 6.45) is 6.09. The molecule has 0 bridgehead atoms. The van der Waals surface area contributed by atoms with Crippen molar-refractivity contribution in [3.63, 3.8) is 0 Å². The van der Waals surface area contributed by atoms with Gasteiger partial charge in [0.05, 0.1) is 0 Å². The minimum Gasteiger partial charge on any atom is -0.337 e. The van der Waals surface area contributed by atoms with Gasteiger partial charge in [-0.1, -0.05) is 19.3 Å². The minimum atomic E-state index is 0.000809. The van der Waals surface area contributed by atoms with Crippen LogP contribution >= 0.6 is 0 Å². The fourth-order valence-corrected chi connectivity index (χ4v) is 2.78. The van der Waals surface area contributed by atoms with Crippen LogP contribution in [0.25, 0.3) is 0 Å². The van der Waals surface area contributed by atoms with Crippen LogP contribution in [0.1, 0.15) is 32.1 Å². The summed E-state index contributed by atoms with van der Waals surface area (Å²) in [4.78, 5) is 14.1. The van der Waals surface area contributed by atoms with Gasteiger partial charge >= 0.3 is 6.03 Å². The zero-order valence-corrected chi connectivity index (χ0v) is 11.4. The number of hydrogen-bond donors (Lipinski definition) is 3. The molecular formula is C13H26N4O. The van der Waals surface area contributed by atoms with Crippen LogP contribution in [-0.2, 0) is 0 Å². The third-order valence-electron chi connectivity index (χ3n) is 4.08. The lowest BCUT2D eigenvalue weighted by molar-refractivity contribution is 0.191. The van der Waals surface area contributed by atoms with Crippen molar-refractivity contribution in [2.24, 2.45) is 0 Å². The smallest absolute Gasteiger partial charge is 0.315 e. The van der Waals surface area contributed by atoms with Crippen molar-refractivity contribution in [1.82, 2.24) is 20.9 Å². The van der Waals surface area contributed by atoms with Gasteiger partial charge in [-0.3, -0.25) is 4.90 Å². The fourth-order valence-electron chi connectivity index (χ4n) is 2.78. The second-order valence-corrected chi connectivity index (χ2v) is 5.53. The molecule has 3 N–H and O–H groups in total. The summed E-state index contributed by atoms with van der Waals surface area (Å²) in [7, 11) is 2.12. The number of piperazine rings is 1. The van der Waals surface area contributed by atoms with E-state index in [1.807, 2.05) is 0 Å². The summed E-state index contributed by atoms with van der Waals surface area (Å²) in [6, 6.07) is 0.803. The van der Waals surface area contributed by atoms with Crippen molar-refractivity contribution in [2.45, 2.75) is 44.2 Å². The first kappa shape index (κ1) is 13.6. The molecular weight excluding hydrogens is 228 g/mol. The Morgan fingerprint density at radius 2 is 2.11 bits per heavy atom. The monoisotopic (exact) mass is 254 g/mol. The van der Waals surface area contributed by atoms with Gasteiger partial charge in [0.25, 0.3) is 0 Å². The number of carbonyl (C=O) groups excluding carboxylic acids is 1. The minimum absolute atomic E-state index is 0.000809. The highest BCUT2D eigenvalue weighted by atomic mass is 16.2. The molecule has 0 spiro atoms. The molecule has 0 aromatic heterocycles. The standard InChI is InChI=1S/C13H26N4O/c1-17-8-7-14-9-12(17)10-15-13(18)16-11-5-3-2-4-6-11/h11-12,14H,2-10H2,1H3,(H2,15,16,18). The predicted molar refractivity (Wildman–Crippen MR) is 72.7 cm³/mol. The second kappa shape index (κ2) is 6.95. The Balaban J connectivity index is 1.64. The molecule has 0 aromatic carbocycles. The predicted octanol–water partition coefficient (Wildman–Crippen LogP) is 0.522. The Labute approximate surface area is 110 Å². The number of nitrogens with zero attached hydrogens (tertiary/aromatic N) is 1. The average molecular weight is 254 g/mol. The summed E-state index contributed by atoms with van der Waals surface area (Å²) in [5, 5.41) is 9.44. The van der Waals surface area contributed by atoms with Gasteiger partial charge in [-0.25, -0.2) is 4.79 Å². The third kappa shape index (κ3) is 4.14. The van der Waals surface area contributed by atoms with E-state index >= 15 is 0 Å². The molecule has 1 unspecified atom stereocenters. The van der Waals surface area contributed by atoms with Gasteiger partial charge in [-0.2, -0.15) is 0 Å². The molecule has 0 aromatic rings. The van der Waals surface area contributed by atoms with E-state index in [-0.39, 0.29) is 6.03 Å². The molecule has 1 saturated heterocycles. The van der Waals surface area contributed by atoms with Crippen LogP contribution in [0.4, 0.5) is 4.79 Å². The highest BCUT2D eigenvalue weighted by Gasteiger charge is 2.20. The van der Waals surface area contributed by atoms with Gasteiger partial charge in [-0.15, -0.1) is 0 Å². The maximum Gasteiger partial charge on any atom is 0.315 e. The van der Waals surface area contributed by atoms with Crippen LogP contribution in [0.5, 0.6) is 0 Å². The van der Waals surface area contributed by atoms with Crippen LogP contribution in [0.15, 0.2) is 0 Å². The summed E-state index contributed by atoms with van der Waals surface area (Å²) in [5.41, 5.74) is 0. The molecule has 2 rings (SSSR count). The van der Waals surface area contributed by atoms with Crippen molar-refractivity contribution in [2.75, 3.05) is 33.2 Å². The van der Waals surface area contributed by atoms with E-state index in [9.17, 15) is 4.79 Å². The van der Waals surface area contributed by atoms with Crippen LogP contribution in [0.2, 0.25) is 0 Å². The highest BCUT2D eigenvalue weighted by molar-refractivity contribution is 5.74. The first-order valence-electron chi connectivity index (χ1n) is 7.21. The van der Waals surface area contributed by atoms with E-state index in [1.165, 1.54) is 19.3 Å². The second-order valence-electron chi connectivity index (χ2n) is 5.53. The van der Waals surface area contributed by atoms with Crippen LogP contribution in [0.3, 0.4) is 0 Å². The van der Waals surface area contributed by atoms with Crippen LogP contribution < -0.4 is 16.0 Å². The van der Waals surface area contributed by atoms with Gasteiger partial charge in [0, 0.05) is 38.3 Å². The molecule has 18 heavy (non-hydrogen) atoms. The molecule has 2 fully saturated rings. The van der Waals surface area contributed by atoms with Crippen molar-refractivity contribution >= 4 is 6.03 Å². The lowest BCUT2D eigenvalue weighted by atomic mass is 9.96. The Kier molecular flexibility index (Phi) is 5.26. The summed E-state index contributed by atoms with van der Waals surface area (Å²) >= 11 is 0. The van der Waals surface area contributed by atoms with Gasteiger partial charge in [0.15, 0.2) is 0 Å². The summed E-state index contributed by atoms with van der Waals surface area (Å²) < 4.78 is 0. The topological polar surface area (TPSA) is 56.4 Å². The van der Waals surface area contributed by atoms with Gasteiger partial charge in [-0.05, 0) is 19.9 Å². The van der Waals surface area contributed by atoms with Crippen LogP contribution in [-0.4, -0.2) is 56.2 Å². The fraction of sp³-hybridized carbons (Fsp3) is 0.923. The Hall–Kier alpha value is -0.810. The molecule has 2 amide bonds. The number of likely N-dealkylation sites (N-methyl/N-ethyl adjacent to an activating group) is 1. The van der Waals surface area contributed by atoms with E-state index in [0.29, 0.717) is 12.1 Å². The normalized spacial score (nSPS) is 26.8. The largest absolute Gasteiger partial charge is 0.337 e. The maximum absolute atomic E-state index is 11.8.